The topological polar surface area (TPSA) is 107 Å². The Kier molecular flexibility index (Phi) is 8.81. The molecule has 0 N–H and O–H groups in total. The minimum Gasteiger partial charge on any atom is -0.484 e. The number of piperidine rings is 1. The molecule has 3 unspecified atom stereocenters. The van der Waals surface area contributed by atoms with Gasteiger partial charge in [0, 0.05) is 30.7 Å². The number of anilines is 1. The van der Waals surface area contributed by atoms with E-state index in [1.807, 2.05) is 36.5 Å². The van der Waals surface area contributed by atoms with Crippen LogP contribution in [0.3, 0.4) is 0 Å². The van der Waals surface area contributed by atoms with Gasteiger partial charge in [0.1, 0.15) is 17.5 Å². The van der Waals surface area contributed by atoms with Gasteiger partial charge in [-0.15, -0.1) is 5.10 Å². The maximum atomic E-state index is 14.0. The maximum absolute atomic E-state index is 14.0. The molecular formula is C34H43N5O5. The summed E-state index contributed by atoms with van der Waals surface area (Å²) in [6, 6.07) is 10.9. The van der Waals surface area contributed by atoms with Crippen molar-refractivity contribution < 1.29 is 23.9 Å². The van der Waals surface area contributed by atoms with Crippen molar-refractivity contribution >= 4 is 23.5 Å². The van der Waals surface area contributed by atoms with Gasteiger partial charge in [0.2, 0.25) is 11.8 Å². The largest absolute Gasteiger partial charge is 0.484 e. The molecule has 10 nitrogen and oxygen atoms in total. The maximum Gasteiger partial charge on any atom is 0.337 e. The molecule has 3 atom stereocenters. The number of aryl methyl sites for hydroxylation is 3. The number of hydrogen-bond donors (Lipinski definition) is 0. The molecular weight excluding hydrogens is 558 g/mol. The Balaban J connectivity index is 1.28. The number of esters is 1. The van der Waals surface area contributed by atoms with Crippen LogP contribution < -0.4 is 9.64 Å². The summed E-state index contributed by atoms with van der Waals surface area (Å²) in [7, 11) is 1.35. The molecule has 2 aliphatic heterocycles. The normalized spacial score (nSPS) is 20.5. The number of hydrogen-bond acceptors (Lipinski definition) is 7. The third-order valence-electron chi connectivity index (χ3n) is 9.02. The monoisotopic (exact) mass is 601 g/mol. The lowest BCUT2D eigenvalue weighted by molar-refractivity contribution is -0.144. The second-order valence-electron chi connectivity index (χ2n) is 12.8. The Morgan fingerprint density at radius 3 is 2.39 bits per heavy atom. The van der Waals surface area contributed by atoms with E-state index in [9.17, 15) is 14.4 Å². The molecule has 1 aromatic heterocycles. The van der Waals surface area contributed by atoms with Crippen molar-refractivity contribution in [1.29, 1.82) is 0 Å². The molecule has 3 heterocycles. The third-order valence-corrected chi connectivity index (χ3v) is 9.02. The van der Waals surface area contributed by atoms with Gasteiger partial charge >= 0.3 is 5.97 Å². The smallest absolute Gasteiger partial charge is 0.337 e. The summed E-state index contributed by atoms with van der Waals surface area (Å²) in [5, 5.41) is 8.89. The van der Waals surface area contributed by atoms with Crippen LogP contribution in [0.2, 0.25) is 0 Å². The van der Waals surface area contributed by atoms with Crippen LogP contribution in [0, 0.1) is 26.7 Å². The average Bonchev–Trinajstić information content (AvgIpc) is 3.62. The minimum atomic E-state index is -0.400. The van der Waals surface area contributed by atoms with E-state index in [1.54, 1.807) is 29.2 Å². The summed E-state index contributed by atoms with van der Waals surface area (Å²) >= 11 is 0. The Bertz CT molecular complexity index is 1520. The Morgan fingerprint density at radius 2 is 1.75 bits per heavy atom. The molecule has 10 heteroatoms. The minimum absolute atomic E-state index is 0.00349. The standard InChI is InChI=1S/C34H43N5O5/c1-8-29(44-27-11-9-24(10-12-27)33(42)43-7)28-20-39(36-35-28)26-13-14-34(5,6)38(19-26)32(41)25-17-30(40)37(18-25)31-22(3)15-21(2)16-23(31)4/h9-12,15-16,20,25-26,29H,8,13-14,17-19H2,1-7H3. The molecule has 2 aliphatic rings. The number of carbonyl (C=O) groups excluding carboxylic acids is 3. The quantitative estimate of drug-likeness (QED) is 0.313. The molecule has 234 valence electrons. The highest BCUT2D eigenvalue weighted by Crippen LogP contribution is 2.37. The van der Waals surface area contributed by atoms with Crippen LogP contribution in [0.15, 0.2) is 42.6 Å². The number of nitrogens with zero attached hydrogens (tertiary/aromatic N) is 5. The first-order valence-corrected chi connectivity index (χ1v) is 15.4. The van der Waals surface area contributed by atoms with Gasteiger partial charge in [-0.3, -0.25) is 9.59 Å². The molecule has 2 aromatic carbocycles. The summed E-state index contributed by atoms with van der Waals surface area (Å²) in [5.41, 5.74) is 5.00. The van der Waals surface area contributed by atoms with Crippen molar-refractivity contribution in [1.82, 2.24) is 19.9 Å². The third kappa shape index (κ3) is 6.21. The number of carbonyl (C=O) groups is 3. The lowest BCUT2D eigenvalue weighted by Crippen LogP contribution is -2.55. The molecule has 0 bridgehead atoms. The number of likely N-dealkylation sites (tertiary alicyclic amines) is 1. The van der Waals surface area contributed by atoms with Gasteiger partial charge in [-0.25, -0.2) is 9.48 Å². The van der Waals surface area contributed by atoms with E-state index in [0.29, 0.717) is 36.5 Å². The summed E-state index contributed by atoms with van der Waals surface area (Å²) in [5.74, 6) is -0.162. The van der Waals surface area contributed by atoms with Gasteiger partial charge in [0.25, 0.3) is 0 Å². The van der Waals surface area contributed by atoms with Gasteiger partial charge in [-0.2, -0.15) is 0 Å². The van der Waals surface area contributed by atoms with E-state index in [2.05, 4.69) is 43.2 Å². The van der Waals surface area contributed by atoms with E-state index in [4.69, 9.17) is 9.47 Å². The molecule has 2 amide bonds. The molecule has 3 aromatic rings. The van der Waals surface area contributed by atoms with Crippen LogP contribution in [0.25, 0.3) is 0 Å². The van der Waals surface area contributed by atoms with Crippen LogP contribution in [0.1, 0.15) is 91.3 Å². The van der Waals surface area contributed by atoms with Crippen molar-refractivity contribution in [2.75, 3.05) is 25.1 Å². The van der Waals surface area contributed by atoms with Gasteiger partial charge in [0.15, 0.2) is 0 Å². The Hall–Kier alpha value is -4.21. The second-order valence-corrected chi connectivity index (χ2v) is 12.8. The molecule has 0 radical (unpaired) electrons. The van der Waals surface area contributed by atoms with Crippen LogP contribution >= 0.6 is 0 Å². The SMILES string of the molecule is CCC(Oc1ccc(C(=O)OC)cc1)c1cn(C2CCC(C)(C)N(C(=O)C3CC(=O)N(c4c(C)cc(C)cc4C)C3)C2)nn1. The van der Waals surface area contributed by atoms with E-state index < -0.39 is 11.9 Å². The highest BCUT2D eigenvalue weighted by molar-refractivity contribution is 6.01. The lowest BCUT2D eigenvalue weighted by atomic mass is 9.86. The molecule has 44 heavy (non-hydrogen) atoms. The van der Waals surface area contributed by atoms with E-state index in [0.717, 1.165) is 35.2 Å². The Morgan fingerprint density at radius 1 is 1.07 bits per heavy atom. The zero-order chi connectivity index (χ0) is 31.8. The summed E-state index contributed by atoms with van der Waals surface area (Å²) in [6.45, 7) is 13.2. The predicted octanol–water partition coefficient (Wildman–Crippen LogP) is 5.52. The molecule has 0 aliphatic carbocycles. The van der Waals surface area contributed by atoms with Crippen molar-refractivity contribution in [3.8, 4) is 5.75 Å². The first-order valence-electron chi connectivity index (χ1n) is 15.4. The fourth-order valence-electron chi connectivity index (χ4n) is 6.64. The van der Waals surface area contributed by atoms with Crippen LogP contribution in [0.4, 0.5) is 5.69 Å². The highest BCUT2D eigenvalue weighted by atomic mass is 16.5. The molecule has 0 saturated carbocycles. The summed E-state index contributed by atoms with van der Waals surface area (Å²) < 4.78 is 12.8. The predicted molar refractivity (Wildman–Crippen MR) is 167 cm³/mol. The number of aromatic nitrogens is 3. The number of amides is 2. The fraction of sp³-hybridized carbons (Fsp3) is 0.500. The highest BCUT2D eigenvalue weighted by Gasteiger charge is 2.44. The number of ether oxygens (including phenoxy) is 2. The average molecular weight is 602 g/mol. The van der Waals surface area contributed by atoms with E-state index in [1.165, 1.54) is 7.11 Å². The fourth-order valence-corrected chi connectivity index (χ4v) is 6.64. The van der Waals surface area contributed by atoms with Crippen LogP contribution in [-0.4, -0.2) is 63.4 Å². The zero-order valence-electron chi connectivity index (χ0n) is 26.8. The first-order chi connectivity index (χ1) is 20.9. The lowest BCUT2D eigenvalue weighted by Gasteiger charge is -2.46. The number of rotatable bonds is 8. The number of methoxy groups -OCH3 is 1. The van der Waals surface area contributed by atoms with Crippen molar-refractivity contribution in [2.24, 2.45) is 5.92 Å². The Labute approximate surface area is 259 Å². The second kappa shape index (κ2) is 12.4. The van der Waals surface area contributed by atoms with E-state index >= 15 is 0 Å². The van der Waals surface area contributed by atoms with Gasteiger partial charge < -0.3 is 19.3 Å². The molecule has 2 saturated heterocycles. The number of benzene rings is 2. The van der Waals surface area contributed by atoms with Gasteiger partial charge in [-0.05, 0) is 89.3 Å². The summed E-state index contributed by atoms with van der Waals surface area (Å²) in [4.78, 5) is 42.7. The molecule has 5 rings (SSSR count). The van der Waals surface area contributed by atoms with Crippen LogP contribution in [-0.2, 0) is 14.3 Å². The van der Waals surface area contributed by atoms with Gasteiger partial charge in [-0.1, -0.05) is 29.8 Å². The van der Waals surface area contributed by atoms with Crippen molar-refractivity contribution in [2.45, 2.75) is 84.9 Å². The van der Waals surface area contributed by atoms with Gasteiger partial charge in [0.05, 0.1) is 30.8 Å². The van der Waals surface area contributed by atoms with Crippen molar-refractivity contribution in [3.05, 3.63) is 70.5 Å². The first kappa shape index (κ1) is 31.2. The molecule has 2 fully saturated rings. The molecule has 0 spiro atoms. The van der Waals surface area contributed by atoms with Crippen LogP contribution in [0.5, 0.6) is 5.75 Å². The zero-order valence-corrected chi connectivity index (χ0v) is 26.8. The van der Waals surface area contributed by atoms with Crippen molar-refractivity contribution in [3.63, 3.8) is 0 Å². The summed E-state index contributed by atoms with van der Waals surface area (Å²) in [6.07, 6.45) is 4.13. The van der Waals surface area contributed by atoms with E-state index in [-0.39, 0.29) is 35.9 Å².